The fourth-order valence-electron chi connectivity index (χ4n) is 1.57. The van der Waals surface area contributed by atoms with E-state index in [1.54, 1.807) is 0 Å². The Bertz CT molecular complexity index is 882. The molecule has 0 amide bonds. The number of aromatic carboxylic acids is 1. The third kappa shape index (κ3) is 5.55. The highest BCUT2D eigenvalue weighted by molar-refractivity contribution is 6.02. The summed E-state index contributed by atoms with van der Waals surface area (Å²) in [6.45, 7) is -4.03. The van der Waals surface area contributed by atoms with Crippen molar-refractivity contribution in [1.82, 2.24) is 0 Å². The minimum Gasteiger partial charge on any atom is -0.481 e. The van der Waals surface area contributed by atoms with E-state index in [0.29, 0.717) is 0 Å². The minimum absolute atomic E-state index is 0.127. The van der Waals surface area contributed by atoms with Crippen molar-refractivity contribution in [3.63, 3.8) is 0 Å². The molecule has 0 spiro atoms. The van der Waals surface area contributed by atoms with E-state index in [2.05, 4.69) is 0 Å². The first-order chi connectivity index (χ1) is 14.0. The summed E-state index contributed by atoms with van der Waals surface area (Å²) in [5, 5.41) is 18.0. The van der Waals surface area contributed by atoms with E-state index in [1.807, 2.05) is 0 Å². The summed E-state index contributed by atoms with van der Waals surface area (Å²) in [5.41, 5.74) is -2.03. The summed E-state index contributed by atoms with van der Waals surface area (Å²) in [6, 6.07) is -3.75. The number of carbonyl (C=O) groups excluding carboxylic acids is 1. The van der Waals surface area contributed by atoms with Gasteiger partial charge in [0.2, 0.25) is 0 Å². The van der Waals surface area contributed by atoms with Gasteiger partial charge in [-0.15, -0.1) is 0 Å². The van der Waals surface area contributed by atoms with Crippen molar-refractivity contribution in [1.29, 1.82) is 0 Å². The van der Waals surface area contributed by atoms with Crippen LogP contribution in [0.15, 0.2) is 24.2 Å². The third-order valence-electron chi connectivity index (χ3n) is 2.67. The average molecular weight is 317 g/mol. The zero-order valence-corrected chi connectivity index (χ0v) is 11.4. The molecule has 6 nitrogen and oxygen atoms in total. The molecule has 0 bridgehead atoms. The molecule has 0 saturated carbocycles. The number of ether oxygens (including phenoxy) is 1. The number of rotatable bonds is 9. The number of benzene rings is 1. The molecular weight excluding hydrogens is 288 g/mol. The summed E-state index contributed by atoms with van der Waals surface area (Å²) in [7, 11) is 0. The fraction of sp³-hybridized carbons (Fsp3) is 0.438. The SMILES string of the molecule is [2H]c1c([2H])c([2H])c(C(=O)OCC(CCCC(=O)O)C([2H])([2H])C([2H])([2H])[2H])c(C(=O)O)c1[2H]. The molecule has 1 aromatic rings. The highest BCUT2D eigenvalue weighted by Gasteiger charge is 2.18. The monoisotopic (exact) mass is 317 g/mol. The second kappa shape index (κ2) is 8.81. The Morgan fingerprint density at radius 3 is 2.59 bits per heavy atom. The summed E-state index contributed by atoms with van der Waals surface area (Å²) < 4.78 is 73.2. The molecule has 0 radical (unpaired) electrons. The Kier molecular flexibility index (Phi) is 3.33. The minimum atomic E-state index is -3.14. The van der Waals surface area contributed by atoms with Crippen molar-refractivity contribution >= 4 is 17.9 Å². The van der Waals surface area contributed by atoms with Gasteiger partial charge < -0.3 is 14.9 Å². The number of aliphatic carboxylic acids is 1. The maximum atomic E-state index is 12.5. The first kappa shape index (κ1) is 8.31. The van der Waals surface area contributed by atoms with Crippen LogP contribution >= 0.6 is 0 Å². The van der Waals surface area contributed by atoms with Crippen LogP contribution in [0.3, 0.4) is 0 Å². The molecule has 2 N–H and O–H groups in total. The summed E-state index contributed by atoms with van der Waals surface area (Å²) in [4.78, 5) is 34.6. The lowest BCUT2D eigenvalue weighted by molar-refractivity contribution is -0.137. The molecular formula is C16H20O6. The van der Waals surface area contributed by atoms with Crippen LogP contribution in [0.25, 0.3) is 0 Å². The van der Waals surface area contributed by atoms with Gasteiger partial charge in [0, 0.05) is 13.3 Å². The van der Waals surface area contributed by atoms with Crippen molar-refractivity contribution in [2.75, 3.05) is 6.61 Å². The first-order valence-corrected chi connectivity index (χ1v) is 6.26. The smallest absolute Gasteiger partial charge is 0.339 e. The standard InChI is InChI=1S/C16H20O6/c1-2-11(6-5-9-14(17)18)10-22-16(21)13-8-4-3-7-12(13)15(19)20/h3-4,7-8,11H,2,5-6,9-10H2,1H3,(H,17,18)(H,19,20)/i1D3,2D2,3D,4D,7D,8D. The summed E-state index contributed by atoms with van der Waals surface area (Å²) >= 11 is 0. The summed E-state index contributed by atoms with van der Waals surface area (Å²) in [6.07, 6.45) is -3.70. The number of carboxylic acids is 2. The summed E-state index contributed by atoms with van der Waals surface area (Å²) in [5.74, 6) is -6.02. The second-order valence-corrected chi connectivity index (χ2v) is 4.28. The Morgan fingerprint density at radius 1 is 1.32 bits per heavy atom. The first-order valence-electron chi connectivity index (χ1n) is 10.8. The maximum absolute atomic E-state index is 12.5. The van der Waals surface area contributed by atoms with E-state index < -0.39 is 85.4 Å². The van der Waals surface area contributed by atoms with Crippen molar-refractivity contribution in [2.24, 2.45) is 5.92 Å². The molecule has 120 valence electrons. The number of hydrogen-bond donors (Lipinski definition) is 2. The van der Waals surface area contributed by atoms with Gasteiger partial charge in [-0.2, -0.15) is 0 Å². The van der Waals surface area contributed by atoms with E-state index in [1.165, 1.54) is 0 Å². The molecule has 1 rings (SSSR count). The lowest BCUT2D eigenvalue weighted by atomic mass is 10.00. The van der Waals surface area contributed by atoms with Crippen molar-refractivity contribution in [3.05, 3.63) is 35.3 Å². The topological polar surface area (TPSA) is 101 Å². The van der Waals surface area contributed by atoms with E-state index in [0.717, 1.165) is 0 Å². The molecule has 1 aromatic carbocycles. The molecule has 1 atom stereocenters. The predicted octanol–water partition coefficient (Wildman–Crippen LogP) is 2.82. The normalized spacial score (nSPS) is 18.8. The van der Waals surface area contributed by atoms with Gasteiger partial charge in [-0.1, -0.05) is 25.3 Å². The highest BCUT2D eigenvalue weighted by atomic mass is 16.5. The molecule has 0 aliphatic rings. The number of hydrogen-bond acceptors (Lipinski definition) is 4. The highest BCUT2D eigenvalue weighted by Crippen LogP contribution is 2.16. The van der Waals surface area contributed by atoms with Crippen molar-refractivity contribution in [2.45, 2.75) is 32.5 Å². The average Bonchev–Trinajstić information content (AvgIpc) is 2.63. The van der Waals surface area contributed by atoms with Gasteiger partial charge in [0.25, 0.3) is 0 Å². The van der Waals surface area contributed by atoms with Crippen molar-refractivity contribution < 1.29 is 41.7 Å². The quantitative estimate of drug-likeness (QED) is 0.679. The molecule has 0 aromatic heterocycles. The van der Waals surface area contributed by atoms with E-state index >= 15 is 0 Å². The van der Waals surface area contributed by atoms with Crippen LogP contribution in [0.1, 0.15) is 65.5 Å². The number of carboxylic acid groups (broad SMARTS) is 2. The van der Waals surface area contributed by atoms with E-state index in [-0.39, 0.29) is 12.8 Å². The Morgan fingerprint density at radius 2 is 2.00 bits per heavy atom. The van der Waals surface area contributed by atoms with Crippen LogP contribution in [0.2, 0.25) is 0 Å². The lowest BCUT2D eigenvalue weighted by Crippen LogP contribution is -2.16. The van der Waals surface area contributed by atoms with Gasteiger partial charge in [0.15, 0.2) is 0 Å². The molecule has 0 saturated heterocycles. The fourth-order valence-corrected chi connectivity index (χ4v) is 1.57. The van der Waals surface area contributed by atoms with Gasteiger partial charge >= 0.3 is 17.9 Å². The van der Waals surface area contributed by atoms with Crippen LogP contribution in [-0.4, -0.2) is 34.7 Å². The van der Waals surface area contributed by atoms with Gasteiger partial charge in [-0.25, -0.2) is 9.59 Å². The van der Waals surface area contributed by atoms with Crippen LogP contribution in [-0.2, 0) is 9.53 Å². The van der Waals surface area contributed by atoms with Gasteiger partial charge in [-0.05, 0) is 30.8 Å². The van der Waals surface area contributed by atoms with E-state index in [9.17, 15) is 19.5 Å². The predicted molar refractivity (Wildman–Crippen MR) is 79.0 cm³/mol. The molecule has 6 heteroatoms. The Hall–Kier alpha value is -2.37. The van der Waals surface area contributed by atoms with Gasteiger partial charge in [-0.3, -0.25) is 4.79 Å². The maximum Gasteiger partial charge on any atom is 0.339 e. The Labute approximate surface area is 141 Å². The zero-order chi connectivity index (χ0) is 24.3. The lowest BCUT2D eigenvalue weighted by Gasteiger charge is -2.15. The van der Waals surface area contributed by atoms with Crippen LogP contribution < -0.4 is 0 Å². The second-order valence-electron chi connectivity index (χ2n) is 4.28. The van der Waals surface area contributed by atoms with Crippen LogP contribution in [0.4, 0.5) is 0 Å². The molecule has 22 heavy (non-hydrogen) atoms. The molecule has 0 aliphatic carbocycles. The Balaban J connectivity index is 3.26. The van der Waals surface area contributed by atoms with Gasteiger partial charge in [0.05, 0.1) is 23.2 Å². The van der Waals surface area contributed by atoms with Crippen LogP contribution in [0.5, 0.6) is 0 Å². The number of carbonyl (C=O) groups is 3. The van der Waals surface area contributed by atoms with E-state index in [4.69, 9.17) is 22.2 Å². The van der Waals surface area contributed by atoms with Crippen LogP contribution in [0, 0.1) is 5.92 Å². The van der Waals surface area contributed by atoms with Crippen molar-refractivity contribution in [3.8, 4) is 0 Å². The largest absolute Gasteiger partial charge is 0.481 e. The molecule has 1 unspecified atom stereocenters. The number of esters is 1. The third-order valence-corrected chi connectivity index (χ3v) is 2.67. The molecule has 0 aliphatic heterocycles. The van der Waals surface area contributed by atoms with Gasteiger partial charge in [0.1, 0.15) is 0 Å². The molecule has 0 heterocycles. The molecule has 0 fully saturated rings. The zero-order valence-electron chi connectivity index (χ0n) is 20.4.